The molecule has 0 atom stereocenters. The second-order valence-corrected chi connectivity index (χ2v) is 6.89. The van der Waals surface area contributed by atoms with Crippen LogP contribution in [0.25, 0.3) is 0 Å². The zero-order valence-corrected chi connectivity index (χ0v) is 14.3. The fourth-order valence-electron chi connectivity index (χ4n) is 2.19. The highest BCUT2D eigenvalue weighted by molar-refractivity contribution is 7.92. The second kappa shape index (κ2) is 7.23. The van der Waals surface area contributed by atoms with Gasteiger partial charge in [0.05, 0.1) is 23.9 Å². The first-order valence-corrected chi connectivity index (χ1v) is 9.00. The summed E-state index contributed by atoms with van der Waals surface area (Å²) in [6.07, 6.45) is 1.46. The maximum Gasteiger partial charge on any atom is 0.261 e. The molecule has 1 heterocycles. The van der Waals surface area contributed by atoms with Gasteiger partial charge in [0.1, 0.15) is 11.6 Å². The Morgan fingerprint density at radius 3 is 2.40 bits per heavy atom. The van der Waals surface area contributed by atoms with Crippen LogP contribution in [0.2, 0.25) is 0 Å². The standard InChI is InChI=1S/C18H17N3O3S/c1-24-16-7-5-6-14(12-16)20-18-11-10-15(13-19-18)21-25(22,23)17-8-3-2-4-9-17/h2-13,21H,1H3,(H,19,20). The summed E-state index contributed by atoms with van der Waals surface area (Å²) in [6.45, 7) is 0. The Morgan fingerprint density at radius 2 is 1.72 bits per heavy atom. The van der Waals surface area contributed by atoms with Gasteiger partial charge >= 0.3 is 0 Å². The minimum absolute atomic E-state index is 0.202. The Balaban J connectivity index is 1.72. The summed E-state index contributed by atoms with van der Waals surface area (Å²) >= 11 is 0. The van der Waals surface area contributed by atoms with Gasteiger partial charge in [-0.05, 0) is 36.4 Å². The number of pyridine rings is 1. The van der Waals surface area contributed by atoms with Crippen LogP contribution in [-0.4, -0.2) is 20.5 Å². The first kappa shape index (κ1) is 16.8. The normalized spacial score (nSPS) is 10.9. The Bertz CT molecular complexity index is 943. The third kappa shape index (κ3) is 4.27. The number of aromatic nitrogens is 1. The van der Waals surface area contributed by atoms with Crippen molar-refractivity contribution in [2.45, 2.75) is 4.90 Å². The quantitative estimate of drug-likeness (QED) is 0.706. The molecule has 0 spiro atoms. The molecule has 1 aromatic heterocycles. The zero-order chi connectivity index (χ0) is 17.7. The molecule has 3 aromatic rings. The molecule has 3 rings (SSSR count). The molecule has 2 N–H and O–H groups in total. The number of ether oxygens (including phenoxy) is 1. The van der Waals surface area contributed by atoms with E-state index in [0.717, 1.165) is 11.4 Å². The highest BCUT2D eigenvalue weighted by atomic mass is 32.2. The van der Waals surface area contributed by atoms with Crippen molar-refractivity contribution in [2.75, 3.05) is 17.1 Å². The number of hydrogen-bond donors (Lipinski definition) is 2. The van der Waals surface area contributed by atoms with Crippen molar-refractivity contribution in [1.29, 1.82) is 0 Å². The molecule has 0 saturated carbocycles. The van der Waals surface area contributed by atoms with E-state index in [1.807, 2.05) is 24.3 Å². The summed E-state index contributed by atoms with van der Waals surface area (Å²) < 4.78 is 32.2. The van der Waals surface area contributed by atoms with Crippen LogP contribution in [0, 0.1) is 0 Å². The molecule has 0 aliphatic carbocycles. The lowest BCUT2D eigenvalue weighted by molar-refractivity contribution is 0.415. The molecule has 2 aromatic carbocycles. The van der Waals surface area contributed by atoms with E-state index >= 15 is 0 Å². The van der Waals surface area contributed by atoms with Gasteiger partial charge in [-0.1, -0.05) is 24.3 Å². The smallest absolute Gasteiger partial charge is 0.261 e. The van der Waals surface area contributed by atoms with E-state index in [1.54, 1.807) is 37.4 Å². The zero-order valence-electron chi connectivity index (χ0n) is 13.5. The molecule has 0 bridgehead atoms. The maximum atomic E-state index is 12.3. The van der Waals surface area contributed by atoms with Gasteiger partial charge in [-0.15, -0.1) is 0 Å². The summed E-state index contributed by atoms with van der Waals surface area (Å²) in [5.41, 5.74) is 1.21. The van der Waals surface area contributed by atoms with E-state index in [1.165, 1.54) is 18.3 Å². The van der Waals surface area contributed by atoms with E-state index in [0.29, 0.717) is 11.5 Å². The largest absolute Gasteiger partial charge is 0.497 e. The Hall–Kier alpha value is -3.06. The summed E-state index contributed by atoms with van der Waals surface area (Å²) in [7, 11) is -2.02. The molecule has 0 saturated heterocycles. The Morgan fingerprint density at radius 1 is 0.920 bits per heavy atom. The van der Waals surface area contributed by atoms with E-state index in [9.17, 15) is 8.42 Å². The molecule has 7 heteroatoms. The van der Waals surface area contributed by atoms with Crippen molar-refractivity contribution < 1.29 is 13.2 Å². The summed E-state index contributed by atoms with van der Waals surface area (Å²) in [6, 6.07) is 19.0. The predicted molar refractivity (Wildman–Crippen MR) is 97.8 cm³/mol. The highest BCUT2D eigenvalue weighted by Crippen LogP contribution is 2.21. The van der Waals surface area contributed by atoms with Crippen LogP contribution in [-0.2, 0) is 10.0 Å². The molecular weight excluding hydrogens is 338 g/mol. The van der Waals surface area contributed by atoms with Gasteiger partial charge in [-0.3, -0.25) is 4.72 Å². The third-order valence-corrected chi connectivity index (χ3v) is 4.81. The van der Waals surface area contributed by atoms with Crippen molar-refractivity contribution in [3.05, 3.63) is 72.9 Å². The van der Waals surface area contributed by atoms with Crippen LogP contribution in [0.3, 0.4) is 0 Å². The molecule has 6 nitrogen and oxygen atoms in total. The number of hydrogen-bond acceptors (Lipinski definition) is 5. The van der Waals surface area contributed by atoms with E-state index < -0.39 is 10.0 Å². The van der Waals surface area contributed by atoms with Gasteiger partial charge in [-0.2, -0.15) is 0 Å². The van der Waals surface area contributed by atoms with Crippen molar-refractivity contribution in [3.63, 3.8) is 0 Å². The van der Waals surface area contributed by atoms with Crippen molar-refractivity contribution in [3.8, 4) is 5.75 Å². The van der Waals surface area contributed by atoms with Crippen LogP contribution < -0.4 is 14.8 Å². The van der Waals surface area contributed by atoms with E-state index in [2.05, 4.69) is 15.0 Å². The lowest BCUT2D eigenvalue weighted by Gasteiger charge is -2.10. The molecule has 0 aliphatic heterocycles. The third-order valence-electron chi connectivity index (χ3n) is 3.41. The predicted octanol–water partition coefficient (Wildman–Crippen LogP) is 3.63. The Kier molecular flexibility index (Phi) is 4.85. The molecule has 0 fully saturated rings. The molecule has 0 radical (unpaired) electrons. The molecular formula is C18H17N3O3S. The van der Waals surface area contributed by atoms with Crippen LogP contribution in [0.1, 0.15) is 0 Å². The van der Waals surface area contributed by atoms with Crippen molar-refractivity contribution >= 4 is 27.2 Å². The van der Waals surface area contributed by atoms with Crippen LogP contribution in [0.15, 0.2) is 77.8 Å². The molecule has 128 valence electrons. The fourth-order valence-corrected chi connectivity index (χ4v) is 3.25. The number of benzene rings is 2. The van der Waals surface area contributed by atoms with Crippen LogP contribution in [0.4, 0.5) is 17.2 Å². The number of rotatable bonds is 6. The topological polar surface area (TPSA) is 80.3 Å². The first-order valence-electron chi connectivity index (χ1n) is 7.52. The first-order chi connectivity index (χ1) is 12.1. The number of nitrogens with zero attached hydrogens (tertiary/aromatic N) is 1. The fraction of sp³-hybridized carbons (Fsp3) is 0.0556. The minimum atomic E-state index is -3.62. The molecule has 0 amide bonds. The van der Waals surface area contributed by atoms with Crippen LogP contribution >= 0.6 is 0 Å². The SMILES string of the molecule is COc1cccc(Nc2ccc(NS(=O)(=O)c3ccccc3)cn2)c1. The van der Waals surface area contributed by atoms with E-state index in [4.69, 9.17) is 4.74 Å². The summed E-state index contributed by atoms with van der Waals surface area (Å²) in [4.78, 5) is 4.43. The minimum Gasteiger partial charge on any atom is -0.497 e. The average Bonchev–Trinajstić information content (AvgIpc) is 2.64. The lowest BCUT2D eigenvalue weighted by Crippen LogP contribution is -2.13. The summed E-state index contributed by atoms with van der Waals surface area (Å²) in [5, 5.41) is 3.13. The average molecular weight is 355 g/mol. The van der Waals surface area contributed by atoms with E-state index in [-0.39, 0.29) is 4.90 Å². The summed E-state index contributed by atoms with van der Waals surface area (Å²) in [5.74, 6) is 1.33. The van der Waals surface area contributed by atoms with Crippen LogP contribution in [0.5, 0.6) is 5.75 Å². The number of anilines is 3. The van der Waals surface area contributed by atoms with Gasteiger partial charge in [0, 0.05) is 11.8 Å². The van der Waals surface area contributed by atoms with Gasteiger partial charge in [0.25, 0.3) is 10.0 Å². The van der Waals surface area contributed by atoms with Gasteiger partial charge in [0.2, 0.25) is 0 Å². The monoisotopic (exact) mass is 355 g/mol. The van der Waals surface area contributed by atoms with Crippen molar-refractivity contribution in [2.24, 2.45) is 0 Å². The molecule has 0 aliphatic rings. The van der Waals surface area contributed by atoms with Gasteiger partial charge in [-0.25, -0.2) is 13.4 Å². The van der Waals surface area contributed by atoms with Gasteiger partial charge in [0.15, 0.2) is 0 Å². The molecule has 25 heavy (non-hydrogen) atoms. The highest BCUT2D eigenvalue weighted by Gasteiger charge is 2.13. The second-order valence-electron chi connectivity index (χ2n) is 5.21. The lowest BCUT2D eigenvalue weighted by atomic mass is 10.3. The van der Waals surface area contributed by atoms with Crippen molar-refractivity contribution in [1.82, 2.24) is 4.98 Å². The number of methoxy groups -OCH3 is 1. The Labute approximate surface area is 146 Å². The van der Waals surface area contributed by atoms with Gasteiger partial charge < -0.3 is 10.1 Å². The number of sulfonamides is 1. The number of nitrogens with one attached hydrogen (secondary N) is 2. The maximum absolute atomic E-state index is 12.3. The molecule has 0 unspecified atom stereocenters.